The van der Waals surface area contributed by atoms with E-state index in [1.165, 1.54) is 25.3 Å². The maximum absolute atomic E-state index is 12.6. The Kier molecular flexibility index (Phi) is 7.39. The van der Waals surface area contributed by atoms with Gasteiger partial charge in [-0.05, 0) is 60.5 Å². The largest absolute Gasteiger partial charge is 0.497 e. The highest BCUT2D eigenvalue weighted by molar-refractivity contribution is 6.09. The summed E-state index contributed by atoms with van der Waals surface area (Å²) in [6.07, 6.45) is 1.44. The normalized spacial score (nSPS) is 10.8. The monoisotopic (exact) mass is 443 g/mol. The Morgan fingerprint density at radius 2 is 1.91 bits per heavy atom. The van der Waals surface area contributed by atoms with Gasteiger partial charge in [-0.3, -0.25) is 14.9 Å². The first kappa shape index (κ1) is 23.0. The summed E-state index contributed by atoms with van der Waals surface area (Å²) in [6, 6.07) is 20.2. The molecule has 1 N–H and O–H groups in total. The summed E-state index contributed by atoms with van der Waals surface area (Å²) in [5, 5.41) is 23.1. The van der Waals surface area contributed by atoms with Gasteiger partial charge in [-0.15, -0.1) is 0 Å². The molecule has 0 radical (unpaired) electrons. The van der Waals surface area contributed by atoms with E-state index in [1.54, 1.807) is 42.5 Å². The third kappa shape index (κ3) is 6.18. The summed E-state index contributed by atoms with van der Waals surface area (Å²) in [4.78, 5) is 23.0. The van der Waals surface area contributed by atoms with Gasteiger partial charge in [-0.1, -0.05) is 12.1 Å². The van der Waals surface area contributed by atoms with Gasteiger partial charge in [0.15, 0.2) is 0 Å². The van der Waals surface area contributed by atoms with E-state index < -0.39 is 10.8 Å². The first-order valence-electron chi connectivity index (χ1n) is 9.93. The van der Waals surface area contributed by atoms with Crippen LogP contribution in [0.5, 0.6) is 11.5 Å². The SMILES string of the molecule is COc1ccc(/C=C(\C#N)C(=O)Nc2cccc(C)c2)c(OCc2ccc([N+](=O)[O-])cc2)c1. The van der Waals surface area contributed by atoms with Crippen molar-refractivity contribution in [2.24, 2.45) is 0 Å². The van der Waals surface area contributed by atoms with Crippen LogP contribution in [0, 0.1) is 28.4 Å². The van der Waals surface area contributed by atoms with E-state index in [-0.39, 0.29) is 17.9 Å². The fraction of sp³-hybridized carbons (Fsp3) is 0.120. The number of benzene rings is 3. The number of nitrogens with zero attached hydrogens (tertiary/aromatic N) is 2. The van der Waals surface area contributed by atoms with Crippen LogP contribution in [0.1, 0.15) is 16.7 Å². The summed E-state index contributed by atoms with van der Waals surface area (Å²) in [5.74, 6) is 0.387. The van der Waals surface area contributed by atoms with E-state index >= 15 is 0 Å². The molecule has 8 heteroatoms. The van der Waals surface area contributed by atoms with Gasteiger partial charge in [0.05, 0.1) is 12.0 Å². The smallest absolute Gasteiger partial charge is 0.269 e. The number of nitro benzene ring substituents is 1. The number of hydrogen-bond donors (Lipinski definition) is 1. The molecule has 0 atom stereocenters. The standard InChI is InChI=1S/C25H21N3O5/c1-17-4-3-5-21(12-17)27-25(29)20(15-26)13-19-8-11-23(32-2)14-24(19)33-16-18-6-9-22(10-7-18)28(30)31/h3-14H,16H2,1-2H3,(H,27,29)/b20-13+. The molecule has 0 fully saturated rings. The zero-order valence-electron chi connectivity index (χ0n) is 18.1. The Morgan fingerprint density at radius 1 is 1.15 bits per heavy atom. The van der Waals surface area contributed by atoms with E-state index in [0.29, 0.717) is 22.7 Å². The maximum atomic E-state index is 12.6. The van der Waals surface area contributed by atoms with Crippen molar-refractivity contribution in [1.82, 2.24) is 0 Å². The van der Waals surface area contributed by atoms with Crippen LogP contribution >= 0.6 is 0 Å². The van der Waals surface area contributed by atoms with Crippen molar-refractivity contribution < 1.29 is 19.2 Å². The highest BCUT2D eigenvalue weighted by Gasteiger charge is 2.13. The Labute approximate surface area is 190 Å². The molecule has 0 saturated carbocycles. The number of ether oxygens (including phenoxy) is 2. The predicted molar refractivity (Wildman–Crippen MR) is 124 cm³/mol. The van der Waals surface area contributed by atoms with Crippen LogP contribution in [0.15, 0.2) is 72.3 Å². The number of anilines is 1. The van der Waals surface area contributed by atoms with Crippen LogP contribution in [0.3, 0.4) is 0 Å². The van der Waals surface area contributed by atoms with Gasteiger partial charge < -0.3 is 14.8 Å². The van der Waals surface area contributed by atoms with E-state index in [9.17, 15) is 20.2 Å². The number of nitrogens with one attached hydrogen (secondary N) is 1. The second-order valence-corrected chi connectivity index (χ2v) is 7.11. The molecule has 0 aliphatic rings. The third-order valence-electron chi connectivity index (χ3n) is 4.70. The number of aryl methyl sites for hydroxylation is 1. The van der Waals surface area contributed by atoms with Gasteiger partial charge in [-0.2, -0.15) is 5.26 Å². The van der Waals surface area contributed by atoms with Gasteiger partial charge in [0.1, 0.15) is 29.7 Å². The van der Waals surface area contributed by atoms with Crippen LogP contribution < -0.4 is 14.8 Å². The van der Waals surface area contributed by atoms with Gasteiger partial charge >= 0.3 is 0 Å². The number of carbonyl (C=O) groups excluding carboxylic acids is 1. The lowest BCUT2D eigenvalue weighted by atomic mass is 10.1. The number of non-ortho nitro benzene ring substituents is 1. The highest BCUT2D eigenvalue weighted by Crippen LogP contribution is 2.28. The summed E-state index contributed by atoms with van der Waals surface area (Å²) in [6.45, 7) is 2.03. The van der Waals surface area contributed by atoms with Crippen molar-refractivity contribution in [2.45, 2.75) is 13.5 Å². The molecule has 0 unspecified atom stereocenters. The first-order chi connectivity index (χ1) is 15.9. The lowest BCUT2D eigenvalue weighted by molar-refractivity contribution is -0.384. The second kappa shape index (κ2) is 10.6. The van der Waals surface area contributed by atoms with Crippen LogP contribution in [-0.4, -0.2) is 17.9 Å². The minimum Gasteiger partial charge on any atom is -0.497 e. The number of nitro groups is 1. The molecule has 0 aliphatic carbocycles. The average Bonchev–Trinajstić information content (AvgIpc) is 2.81. The van der Waals surface area contributed by atoms with E-state index in [0.717, 1.165) is 11.1 Å². The molecular weight excluding hydrogens is 422 g/mol. The summed E-state index contributed by atoms with van der Waals surface area (Å²) < 4.78 is 11.1. The van der Waals surface area contributed by atoms with Crippen molar-refractivity contribution in [3.63, 3.8) is 0 Å². The molecule has 0 saturated heterocycles. The van der Waals surface area contributed by atoms with Gasteiger partial charge in [0, 0.05) is 29.4 Å². The van der Waals surface area contributed by atoms with Crippen molar-refractivity contribution in [3.05, 3.63) is 99.1 Å². The molecule has 1 amide bonds. The van der Waals surface area contributed by atoms with Crippen LogP contribution in [0.2, 0.25) is 0 Å². The molecule has 3 aromatic carbocycles. The first-order valence-corrected chi connectivity index (χ1v) is 9.93. The number of methoxy groups -OCH3 is 1. The quantitative estimate of drug-likeness (QED) is 0.226. The third-order valence-corrected chi connectivity index (χ3v) is 4.70. The average molecular weight is 443 g/mol. The molecule has 0 heterocycles. The molecule has 0 bridgehead atoms. The fourth-order valence-electron chi connectivity index (χ4n) is 2.99. The van der Waals surface area contributed by atoms with Gasteiger partial charge in [0.2, 0.25) is 0 Å². The lowest BCUT2D eigenvalue weighted by Crippen LogP contribution is -2.13. The zero-order chi connectivity index (χ0) is 23.8. The van der Waals surface area contributed by atoms with Crippen LogP contribution in [0.25, 0.3) is 6.08 Å². The van der Waals surface area contributed by atoms with Crippen LogP contribution in [0.4, 0.5) is 11.4 Å². The van der Waals surface area contributed by atoms with Gasteiger partial charge in [0.25, 0.3) is 11.6 Å². The van der Waals surface area contributed by atoms with Gasteiger partial charge in [-0.25, -0.2) is 0 Å². The molecule has 0 spiro atoms. The van der Waals surface area contributed by atoms with Crippen molar-refractivity contribution in [1.29, 1.82) is 5.26 Å². The minimum atomic E-state index is -0.541. The second-order valence-electron chi connectivity index (χ2n) is 7.11. The molecule has 3 rings (SSSR count). The molecule has 8 nitrogen and oxygen atoms in total. The maximum Gasteiger partial charge on any atom is 0.269 e. The minimum absolute atomic E-state index is 0.0120. The van der Waals surface area contributed by atoms with E-state index in [1.807, 2.05) is 25.1 Å². The Morgan fingerprint density at radius 3 is 2.55 bits per heavy atom. The number of carbonyl (C=O) groups is 1. The molecule has 0 aliphatic heterocycles. The Bertz CT molecular complexity index is 1240. The summed E-state index contributed by atoms with van der Waals surface area (Å²) in [7, 11) is 1.51. The van der Waals surface area contributed by atoms with E-state index in [2.05, 4.69) is 5.32 Å². The number of amides is 1. The molecule has 166 valence electrons. The Hall–Kier alpha value is -4.64. The molecule has 3 aromatic rings. The molecule has 33 heavy (non-hydrogen) atoms. The molecule has 0 aromatic heterocycles. The lowest BCUT2D eigenvalue weighted by Gasteiger charge is -2.12. The number of nitriles is 1. The Balaban J connectivity index is 1.83. The van der Waals surface area contributed by atoms with E-state index in [4.69, 9.17) is 9.47 Å². The van der Waals surface area contributed by atoms with Crippen molar-refractivity contribution in [2.75, 3.05) is 12.4 Å². The molecular formula is C25H21N3O5. The predicted octanol–water partition coefficient (Wildman–Crippen LogP) is 5.04. The number of hydrogen-bond acceptors (Lipinski definition) is 6. The summed E-state index contributed by atoms with van der Waals surface area (Å²) >= 11 is 0. The van der Waals surface area contributed by atoms with Crippen molar-refractivity contribution in [3.8, 4) is 17.6 Å². The fourth-order valence-corrected chi connectivity index (χ4v) is 2.99. The van der Waals surface area contributed by atoms with Crippen molar-refractivity contribution >= 4 is 23.4 Å². The zero-order valence-corrected chi connectivity index (χ0v) is 18.1. The highest BCUT2D eigenvalue weighted by atomic mass is 16.6. The number of rotatable bonds is 8. The topological polar surface area (TPSA) is 114 Å². The van der Waals surface area contributed by atoms with Crippen LogP contribution in [-0.2, 0) is 11.4 Å². The summed E-state index contributed by atoms with van der Waals surface area (Å²) in [5.41, 5.74) is 2.69.